The van der Waals surface area contributed by atoms with Gasteiger partial charge in [-0.1, -0.05) is 6.07 Å². The van der Waals surface area contributed by atoms with Gasteiger partial charge in [0.1, 0.15) is 18.1 Å². The van der Waals surface area contributed by atoms with Crippen molar-refractivity contribution in [2.24, 2.45) is 0 Å². The van der Waals surface area contributed by atoms with Crippen molar-refractivity contribution in [1.82, 2.24) is 5.32 Å². The fourth-order valence-electron chi connectivity index (χ4n) is 1.95. The molecule has 0 fully saturated rings. The van der Waals surface area contributed by atoms with Crippen LogP contribution in [0.5, 0.6) is 5.75 Å². The minimum atomic E-state index is -0.777. The number of esters is 1. The molecule has 2 amide bonds. The van der Waals surface area contributed by atoms with Gasteiger partial charge in [-0.3, -0.25) is 14.4 Å². The molecule has 8 heteroatoms. The highest BCUT2D eigenvalue weighted by Gasteiger charge is 2.11. The van der Waals surface area contributed by atoms with Crippen molar-refractivity contribution in [3.05, 3.63) is 59.9 Å². The molecule has 0 radical (unpaired) electrons. The molecule has 2 rings (SSSR count). The molecule has 0 saturated carbocycles. The van der Waals surface area contributed by atoms with Crippen LogP contribution in [-0.2, 0) is 14.3 Å². The average Bonchev–Trinajstić information content (AvgIpc) is 2.65. The van der Waals surface area contributed by atoms with Gasteiger partial charge in [-0.2, -0.15) is 0 Å². The number of hydrogen-bond acceptors (Lipinski definition) is 5. The molecular weight excluding hydrogens is 343 g/mol. The van der Waals surface area contributed by atoms with E-state index in [0.29, 0.717) is 11.4 Å². The third-order valence-electron chi connectivity index (χ3n) is 3.22. The summed E-state index contributed by atoms with van der Waals surface area (Å²) in [5.41, 5.74) is 0.699. The molecule has 0 aromatic heterocycles. The van der Waals surface area contributed by atoms with Gasteiger partial charge in [-0.05, 0) is 36.4 Å². The number of rotatable bonds is 7. The Kier molecular flexibility index (Phi) is 6.67. The van der Waals surface area contributed by atoms with Crippen LogP contribution in [-0.4, -0.2) is 38.0 Å². The van der Waals surface area contributed by atoms with Crippen LogP contribution in [0.15, 0.2) is 48.5 Å². The predicted octanol–water partition coefficient (Wildman–Crippen LogP) is 1.75. The summed E-state index contributed by atoms with van der Waals surface area (Å²) >= 11 is 0. The van der Waals surface area contributed by atoms with Gasteiger partial charge in [0.25, 0.3) is 11.8 Å². The number of benzene rings is 2. The topological polar surface area (TPSA) is 93.7 Å². The molecule has 0 aliphatic rings. The van der Waals surface area contributed by atoms with Crippen molar-refractivity contribution >= 4 is 23.5 Å². The summed E-state index contributed by atoms with van der Waals surface area (Å²) in [5, 5.41) is 4.87. The molecule has 0 aliphatic heterocycles. The van der Waals surface area contributed by atoms with Crippen molar-refractivity contribution < 1.29 is 28.2 Å². The first-order valence-corrected chi connectivity index (χ1v) is 7.61. The number of ether oxygens (including phenoxy) is 2. The number of carbonyl (C=O) groups is 3. The van der Waals surface area contributed by atoms with Crippen LogP contribution >= 0.6 is 0 Å². The zero-order valence-corrected chi connectivity index (χ0v) is 14.0. The predicted molar refractivity (Wildman–Crippen MR) is 91.3 cm³/mol. The number of methoxy groups -OCH3 is 1. The first-order chi connectivity index (χ1) is 12.5. The SMILES string of the molecule is COc1cccc(NC(=O)COC(=O)CNC(=O)c2ccc(F)cc2)c1. The van der Waals surface area contributed by atoms with E-state index in [-0.39, 0.29) is 5.56 Å². The van der Waals surface area contributed by atoms with Crippen LogP contribution in [0.4, 0.5) is 10.1 Å². The Hall–Kier alpha value is -3.42. The fraction of sp³-hybridized carbons (Fsp3) is 0.167. The third-order valence-corrected chi connectivity index (χ3v) is 3.22. The Morgan fingerprint density at radius 2 is 1.81 bits per heavy atom. The van der Waals surface area contributed by atoms with Gasteiger partial charge in [0.15, 0.2) is 6.61 Å². The number of nitrogens with one attached hydrogen (secondary N) is 2. The maximum absolute atomic E-state index is 12.8. The molecule has 2 aromatic carbocycles. The number of halogens is 1. The second-order valence-corrected chi connectivity index (χ2v) is 5.13. The summed E-state index contributed by atoms with van der Waals surface area (Å²) in [6.45, 7) is -0.912. The zero-order chi connectivity index (χ0) is 18.9. The highest BCUT2D eigenvalue weighted by Crippen LogP contribution is 2.16. The smallest absolute Gasteiger partial charge is 0.325 e. The first kappa shape index (κ1) is 18.9. The molecule has 0 atom stereocenters. The number of amides is 2. The Labute approximate surface area is 149 Å². The van der Waals surface area contributed by atoms with Crippen LogP contribution in [0, 0.1) is 5.82 Å². The van der Waals surface area contributed by atoms with Gasteiger partial charge in [0.2, 0.25) is 0 Å². The Balaban J connectivity index is 1.73. The summed E-state index contributed by atoms with van der Waals surface area (Å²) < 4.78 is 22.6. The molecule has 0 saturated heterocycles. The lowest BCUT2D eigenvalue weighted by molar-refractivity contribution is -0.146. The third kappa shape index (κ3) is 5.90. The molecule has 2 N–H and O–H groups in total. The van der Waals surface area contributed by atoms with E-state index in [1.54, 1.807) is 24.3 Å². The monoisotopic (exact) mass is 360 g/mol. The van der Waals surface area contributed by atoms with Crippen molar-refractivity contribution in [1.29, 1.82) is 0 Å². The molecular formula is C18H17FN2O5. The minimum Gasteiger partial charge on any atom is -0.497 e. The molecule has 26 heavy (non-hydrogen) atoms. The zero-order valence-electron chi connectivity index (χ0n) is 14.0. The Bertz CT molecular complexity index is 792. The van der Waals surface area contributed by atoms with E-state index in [1.807, 2.05) is 0 Å². The normalized spacial score (nSPS) is 9.92. The average molecular weight is 360 g/mol. The lowest BCUT2D eigenvalue weighted by Crippen LogP contribution is -2.32. The van der Waals surface area contributed by atoms with E-state index >= 15 is 0 Å². The molecule has 0 heterocycles. The van der Waals surface area contributed by atoms with Gasteiger partial charge in [0, 0.05) is 17.3 Å². The van der Waals surface area contributed by atoms with Gasteiger partial charge < -0.3 is 20.1 Å². The summed E-state index contributed by atoms with van der Waals surface area (Å²) in [4.78, 5) is 35.1. The van der Waals surface area contributed by atoms with E-state index in [4.69, 9.17) is 9.47 Å². The van der Waals surface area contributed by atoms with Gasteiger partial charge in [0.05, 0.1) is 7.11 Å². The Morgan fingerprint density at radius 1 is 1.08 bits per heavy atom. The summed E-state index contributed by atoms with van der Waals surface area (Å²) in [6.07, 6.45) is 0. The van der Waals surface area contributed by atoms with Gasteiger partial charge >= 0.3 is 5.97 Å². The molecule has 0 bridgehead atoms. The van der Waals surface area contributed by atoms with E-state index in [0.717, 1.165) is 12.1 Å². The van der Waals surface area contributed by atoms with Crippen LogP contribution in [0.1, 0.15) is 10.4 Å². The highest BCUT2D eigenvalue weighted by atomic mass is 19.1. The molecule has 0 aliphatic carbocycles. The summed E-state index contributed by atoms with van der Waals surface area (Å²) in [6, 6.07) is 11.5. The maximum atomic E-state index is 12.8. The van der Waals surface area contributed by atoms with Crippen LogP contribution in [0.3, 0.4) is 0 Å². The molecule has 0 spiro atoms. The lowest BCUT2D eigenvalue weighted by atomic mass is 10.2. The van der Waals surface area contributed by atoms with Crippen molar-refractivity contribution in [3.8, 4) is 5.75 Å². The van der Waals surface area contributed by atoms with E-state index in [9.17, 15) is 18.8 Å². The fourth-order valence-corrected chi connectivity index (χ4v) is 1.95. The largest absolute Gasteiger partial charge is 0.497 e. The number of carbonyl (C=O) groups excluding carboxylic acids is 3. The van der Waals surface area contributed by atoms with Crippen molar-refractivity contribution in [2.75, 3.05) is 25.6 Å². The van der Waals surface area contributed by atoms with Crippen molar-refractivity contribution in [2.45, 2.75) is 0 Å². The molecule has 136 valence electrons. The van der Waals surface area contributed by atoms with Crippen LogP contribution in [0.25, 0.3) is 0 Å². The quantitative estimate of drug-likeness (QED) is 0.734. The van der Waals surface area contributed by atoms with E-state index in [2.05, 4.69) is 10.6 Å². The maximum Gasteiger partial charge on any atom is 0.325 e. The van der Waals surface area contributed by atoms with Gasteiger partial charge in [-0.15, -0.1) is 0 Å². The van der Waals surface area contributed by atoms with Crippen molar-refractivity contribution in [3.63, 3.8) is 0 Å². The van der Waals surface area contributed by atoms with E-state index in [1.165, 1.54) is 19.2 Å². The van der Waals surface area contributed by atoms with Crippen LogP contribution < -0.4 is 15.4 Å². The Morgan fingerprint density at radius 3 is 2.50 bits per heavy atom. The van der Waals surface area contributed by atoms with Crippen LogP contribution in [0.2, 0.25) is 0 Å². The summed E-state index contributed by atoms with van der Waals surface area (Å²) in [5.74, 6) is -1.76. The minimum absolute atomic E-state index is 0.204. The number of hydrogen-bond donors (Lipinski definition) is 2. The molecule has 2 aromatic rings. The second-order valence-electron chi connectivity index (χ2n) is 5.13. The van der Waals surface area contributed by atoms with E-state index < -0.39 is 36.8 Å². The number of anilines is 1. The first-order valence-electron chi connectivity index (χ1n) is 7.61. The molecule has 0 unspecified atom stereocenters. The standard InChI is InChI=1S/C18H17FN2O5/c1-25-15-4-2-3-14(9-15)21-16(22)11-26-17(23)10-20-18(24)12-5-7-13(19)8-6-12/h2-9H,10-11H2,1H3,(H,20,24)(H,21,22). The highest BCUT2D eigenvalue weighted by molar-refractivity contribution is 5.96. The summed E-state index contributed by atoms with van der Waals surface area (Å²) in [7, 11) is 1.50. The lowest BCUT2D eigenvalue weighted by Gasteiger charge is -2.08. The van der Waals surface area contributed by atoms with Gasteiger partial charge in [-0.25, -0.2) is 4.39 Å². The molecule has 7 nitrogen and oxygen atoms in total. The second kappa shape index (κ2) is 9.16.